The second kappa shape index (κ2) is 5.78. The topological polar surface area (TPSA) is 43.4 Å². The van der Waals surface area contributed by atoms with Crippen LogP contribution in [0, 0.1) is 5.92 Å². The average molecular weight is 309 g/mol. The van der Waals surface area contributed by atoms with Crippen molar-refractivity contribution in [1.29, 1.82) is 0 Å². The largest absolute Gasteiger partial charge is 0.381 e. The zero-order valence-corrected chi connectivity index (χ0v) is 12.0. The monoisotopic (exact) mass is 308 g/mol. The molecule has 0 saturated carbocycles. The first-order chi connectivity index (χ1) is 8.47. The minimum atomic E-state index is -3.54. The lowest BCUT2D eigenvalue weighted by Crippen LogP contribution is -2.37. The molecule has 0 aliphatic carbocycles. The van der Waals surface area contributed by atoms with Gasteiger partial charge in [0.2, 0.25) is 9.05 Å². The third-order valence-electron chi connectivity index (χ3n) is 3.18. The predicted molar refractivity (Wildman–Crippen MR) is 72.6 cm³/mol. The van der Waals surface area contributed by atoms with E-state index in [1.807, 2.05) is 12.1 Å². The van der Waals surface area contributed by atoms with Crippen LogP contribution in [0.4, 0.5) is 0 Å². The second-order valence-electron chi connectivity index (χ2n) is 4.47. The van der Waals surface area contributed by atoms with E-state index in [2.05, 4.69) is 0 Å². The van der Waals surface area contributed by atoms with Gasteiger partial charge in [-0.05, 0) is 30.5 Å². The normalized spacial score (nSPS) is 25.0. The van der Waals surface area contributed by atoms with Gasteiger partial charge in [-0.15, -0.1) is 0 Å². The molecule has 0 bridgehead atoms. The maximum atomic E-state index is 11.5. The number of halogens is 2. The Morgan fingerprint density at radius 2 is 1.94 bits per heavy atom. The molecule has 1 aromatic rings. The molecule has 1 saturated heterocycles. The Morgan fingerprint density at radius 3 is 2.56 bits per heavy atom. The van der Waals surface area contributed by atoms with Crippen molar-refractivity contribution < 1.29 is 13.2 Å². The quantitative estimate of drug-likeness (QED) is 0.806. The zero-order valence-electron chi connectivity index (χ0n) is 9.68. The average Bonchev–Trinajstić information content (AvgIpc) is 2.31. The highest BCUT2D eigenvalue weighted by Gasteiger charge is 2.34. The summed E-state index contributed by atoms with van der Waals surface area (Å²) in [6.07, 6.45) is 1.10. The highest BCUT2D eigenvalue weighted by molar-refractivity contribution is 8.14. The van der Waals surface area contributed by atoms with E-state index in [4.69, 9.17) is 27.0 Å². The first kappa shape index (κ1) is 14.1. The fourth-order valence-electron chi connectivity index (χ4n) is 2.26. The van der Waals surface area contributed by atoms with E-state index in [0.29, 0.717) is 31.1 Å². The maximum Gasteiger partial charge on any atom is 0.235 e. The summed E-state index contributed by atoms with van der Waals surface area (Å²) in [5, 5.41) is 0.142. The van der Waals surface area contributed by atoms with Crippen molar-refractivity contribution >= 4 is 31.3 Å². The molecule has 1 aliphatic heterocycles. The molecule has 0 radical (unpaired) electrons. The molecule has 2 rings (SSSR count). The first-order valence-electron chi connectivity index (χ1n) is 5.72. The van der Waals surface area contributed by atoms with Crippen LogP contribution in [0.25, 0.3) is 0 Å². The standard InChI is InChI=1S/C12H14Cl2O3S/c13-11-3-1-9(2-4-11)7-10-8-17-6-5-12(10)18(14,15)16/h1-4,10,12H,5-8H2/t10-,12+/m0/s1. The van der Waals surface area contributed by atoms with Gasteiger partial charge >= 0.3 is 0 Å². The molecule has 3 nitrogen and oxygen atoms in total. The third-order valence-corrected chi connectivity index (χ3v) is 5.46. The Morgan fingerprint density at radius 1 is 1.28 bits per heavy atom. The lowest BCUT2D eigenvalue weighted by atomic mass is 9.94. The van der Waals surface area contributed by atoms with Crippen molar-refractivity contribution in [3.8, 4) is 0 Å². The summed E-state index contributed by atoms with van der Waals surface area (Å²) in [6.45, 7) is 0.882. The summed E-state index contributed by atoms with van der Waals surface area (Å²) in [5.74, 6) is -0.0950. The molecule has 6 heteroatoms. The fourth-order valence-corrected chi connectivity index (χ4v) is 4.10. The van der Waals surface area contributed by atoms with Crippen LogP contribution in [0.15, 0.2) is 24.3 Å². The molecule has 0 unspecified atom stereocenters. The highest BCUT2D eigenvalue weighted by Crippen LogP contribution is 2.28. The lowest BCUT2D eigenvalue weighted by Gasteiger charge is -2.29. The van der Waals surface area contributed by atoms with Crippen molar-refractivity contribution in [2.75, 3.05) is 13.2 Å². The van der Waals surface area contributed by atoms with Crippen LogP contribution >= 0.6 is 22.3 Å². The van der Waals surface area contributed by atoms with Crippen molar-refractivity contribution in [3.63, 3.8) is 0 Å². The van der Waals surface area contributed by atoms with Crippen LogP contribution < -0.4 is 0 Å². The van der Waals surface area contributed by atoms with Gasteiger partial charge in [0, 0.05) is 28.2 Å². The van der Waals surface area contributed by atoms with E-state index >= 15 is 0 Å². The van der Waals surface area contributed by atoms with Gasteiger partial charge in [-0.25, -0.2) is 8.42 Å². The first-order valence-corrected chi connectivity index (χ1v) is 8.47. The van der Waals surface area contributed by atoms with Crippen LogP contribution in [-0.4, -0.2) is 26.9 Å². The van der Waals surface area contributed by atoms with Gasteiger partial charge in [0.15, 0.2) is 0 Å². The van der Waals surface area contributed by atoms with Gasteiger partial charge in [-0.1, -0.05) is 23.7 Å². The summed E-state index contributed by atoms with van der Waals surface area (Å²) < 4.78 is 28.4. The number of benzene rings is 1. The van der Waals surface area contributed by atoms with Gasteiger partial charge < -0.3 is 4.74 Å². The zero-order chi connectivity index (χ0) is 13.2. The molecule has 18 heavy (non-hydrogen) atoms. The van der Waals surface area contributed by atoms with Crippen molar-refractivity contribution in [2.24, 2.45) is 5.92 Å². The molecule has 1 heterocycles. The lowest BCUT2D eigenvalue weighted by molar-refractivity contribution is 0.0577. The Hall–Kier alpha value is -0.290. The van der Waals surface area contributed by atoms with E-state index in [-0.39, 0.29) is 5.92 Å². The van der Waals surface area contributed by atoms with Gasteiger partial charge in [-0.2, -0.15) is 0 Å². The number of ether oxygens (including phenoxy) is 1. The SMILES string of the molecule is O=S(=O)(Cl)[C@@H]1CCOC[C@@H]1Cc1ccc(Cl)cc1. The molecule has 100 valence electrons. The number of rotatable bonds is 3. The van der Waals surface area contributed by atoms with E-state index in [1.54, 1.807) is 12.1 Å². The van der Waals surface area contributed by atoms with E-state index in [1.165, 1.54) is 0 Å². The van der Waals surface area contributed by atoms with Crippen molar-refractivity contribution in [2.45, 2.75) is 18.1 Å². The van der Waals surface area contributed by atoms with E-state index in [0.717, 1.165) is 5.56 Å². The Balaban J connectivity index is 2.13. The number of hydrogen-bond acceptors (Lipinski definition) is 3. The molecule has 0 aromatic heterocycles. The summed E-state index contributed by atoms with van der Waals surface area (Å²) in [6, 6.07) is 7.39. The summed E-state index contributed by atoms with van der Waals surface area (Å²) in [7, 11) is 1.96. The Bertz CT molecular complexity index is 499. The van der Waals surface area contributed by atoms with E-state index in [9.17, 15) is 8.42 Å². The van der Waals surface area contributed by atoms with Gasteiger partial charge in [0.1, 0.15) is 0 Å². The molecule has 1 aliphatic rings. The predicted octanol–water partition coefficient (Wildman–Crippen LogP) is 2.86. The third kappa shape index (κ3) is 3.60. The molecular weight excluding hydrogens is 295 g/mol. The molecule has 2 atom stereocenters. The van der Waals surface area contributed by atoms with Crippen LogP contribution in [0.1, 0.15) is 12.0 Å². The molecular formula is C12H14Cl2O3S. The van der Waals surface area contributed by atoms with Crippen LogP contribution in [0.3, 0.4) is 0 Å². The van der Waals surface area contributed by atoms with Crippen molar-refractivity contribution in [1.82, 2.24) is 0 Å². The van der Waals surface area contributed by atoms with E-state index < -0.39 is 14.3 Å². The molecule has 1 fully saturated rings. The van der Waals surface area contributed by atoms with Gasteiger partial charge in [0.25, 0.3) is 0 Å². The molecule has 0 amide bonds. The minimum absolute atomic E-state index is 0.0950. The number of hydrogen-bond donors (Lipinski definition) is 0. The fraction of sp³-hybridized carbons (Fsp3) is 0.500. The smallest absolute Gasteiger partial charge is 0.235 e. The van der Waals surface area contributed by atoms with Crippen LogP contribution in [0.5, 0.6) is 0 Å². The van der Waals surface area contributed by atoms with Crippen molar-refractivity contribution in [3.05, 3.63) is 34.9 Å². The summed E-state index contributed by atoms with van der Waals surface area (Å²) in [5.41, 5.74) is 1.04. The van der Waals surface area contributed by atoms with Crippen LogP contribution in [-0.2, 0) is 20.2 Å². The maximum absolute atomic E-state index is 11.5. The molecule has 0 N–H and O–H groups in total. The van der Waals surface area contributed by atoms with Gasteiger partial charge in [0.05, 0.1) is 11.9 Å². The minimum Gasteiger partial charge on any atom is -0.381 e. The summed E-state index contributed by atoms with van der Waals surface area (Å²) >= 11 is 5.81. The molecule has 0 spiro atoms. The second-order valence-corrected chi connectivity index (χ2v) is 7.75. The van der Waals surface area contributed by atoms with Crippen LogP contribution in [0.2, 0.25) is 5.02 Å². The van der Waals surface area contributed by atoms with Gasteiger partial charge in [-0.3, -0.25) is 0 Å². The Labute approximate surface area is 116 Å². The Kier molecular flexibility index (Phi) is 4.54. The summed E-state index contributed by atoms with van der Waals surface area (Å²) in [4.78, 5) is 0. The molecule has 1 aromatic carbocycles. The highest BCUT2D eigenvalue weighted by atomic mass is 35.7.